The molecule has 0 unspecified atom stereocenters. The molecule has 6 N–H and O–H groups in total. The lowest BCUT2D eigenvalue weighted by Gasteiger charge is -2.35. The van der Waals surface area contributed by atoms with Crippen molar-refractivity contribution in [2.24, 2.45) is 11.5 Å². The van der Waals surface area contributed by atoms with Gasteiger partial charge < -0.3 is 26.7 Å². The highest BCUT2D eigenvalue weighted by Crippen LogP contribution is 2.37. The second-order valence-electron chi connectivity index (χ2n) is 7.56. The van der Waals surface area contributed by atoms with Gasteiger partial charge in [0.05, 0.1) is 36.7 Å². The Morgan fingerprint density at radius 3 is 2.38 bits per heavy atom. The minimum Gasteiger partial charge on any atom is -0.493 e. The molecule has 0 atom stereocenters. The van der Waals surface area contributed by atoms with Crippen LogP contribution in [0.25, 0.3) is 22.3 Å². The van der Waals surface area contributed by atoms with E-state index >= 15 is 0 Å². The van der Waals surface area contributed by atoms with Crippen molar-refractivity contribution >= 4 is 17.0 Å². The summed E-state index contributed by atoms with van der Waals surface area (Å²) in [5.74, 6) is 1.50. The van der Waals surface area contributed by atoms with E-state index in [0.717, 1.165) is 36.9 Å². The quantitative estimate of drug-likeness (QED) is 0.613. The van der Waals surface area contributed by atoms with Gasteiger partial charge in [0, 0.05) is 11.6 Å². The van der Waals surface area contributed by atoms with Crippen LogP contribution in [-0.4, -0.2) is 35.2 Å². The summed E-state index contributed by atoms with van der Waals surface area (Å²) in [5.41, 5.74) is 21.9. The zero-order valence-electron chi connectivity index (χ0n) is 16.7. The molecule has 0 amide bonds. The molecular formula is C21H26N6O2. The third-order valence-electron chi connectivity index (χ3n) is 5.63. The highest BCUT2D eigenvalue weighted by atomic mass is 16.5. The molecule has 29 heavy (non-hydrogen) atoms. The van der Waals surface area contributed by atoms with Crippen LogP contribution in [0.1, 0.15) is 31.4 Å². The van der Waals surface area contributed by atoms with Gasteiger partial charge in [0.1, 0.15) is 5.52 Å². The Hall–Kier alpha value is -2.97. The second-order valence-corrected chi connectivity index (χ2v) is 7.56. The number of ether oxygens (including phenoxy) is 2. The smallest absolute Gasteiger partial charge is 0.220 e. The lowest BCUT2D eigenvalue weighted by atomic mass is 9.77. The van der Waals surface area contributed by atoms with Gasteiger partial charge in [-0.25, -0.2) is 15.0 Å². The predicted octanol–water partition coefficient (Wildman–Crippen LogP) is 2.35. The SMILES string of the molecule is COc1ccc(-c2ccc3nc(N)nc(C4(N)CCC(N)CC4)c3n2)cc1OC. The summed E-state index contributed by atoms with van der Waals surface area (Å²) in [6.07, 6.45) is 3.17. The summed E-state index contributed by atoms with van der Waals surface area (Å²) < 4.78 is 10.7. The van der Waals surface area contributed by atoms with Crippen molar-refractivity contribution in [3.05, 3.63) is 36.0 Å². The van der Waals surface area contributed by atoms with Gasteiger partial charge in [0.2, 0.25) is 5.95 Å². The van der Waals surface area contributed by atoms with Gasteiger partial charge >= 0.3 is 0 Å². The number of nitrogen functional groups attached to an aromatic ring is 1. The van der Waals surface area contributed by atoms with Gasteiger partial charge in [-0.15, -0.1) is 0 Å². The average Bonchev–Trinajstić information content (AvgIpc) is 2.74. The maximum absolute atomic E-state index is 6.77. The van der Waals surface area contributed by atoms with Crippen molar-refractivity contribution in [2.75, 3.05) is 20.0 Å². The monoisotopic (exact) mass is 394 g/mol. The summed E-state index contributed by atoms with van der Waals surface area (Å²) in [7, 11) is 3.22. The topological polar surface area (TPSA) is 135 Å². The Balaban J connectivity index is 1.84. The highest BCUT2D eigenvalue weighted by Gasteiger charge is 2.36. The van der Waals surface area contributed by atoms with Gasteiger partial charge in [-0.3, -0.25) is 0 Å². The number of anilines is 1. The van der Waals surface area contributed by atoms with E-state index < -0.39 is 5.54 Å². The molecule has 1 aliphatic carbocycles. The Morgan fingerprint density at radius 1 is 0.966 bits per heavy atom. The van der Waals surface area contributed by atoms with E-state index in [1.54, 1.807) is 14.2 Å². The normalized spacial score (nSPS) is 21.9. The van der Waals surface area contributed by atoms with Gasteiger partial charge in [-0.05, 0) is 56.0 Å². The molecule has 0 saturated heterocycles. The molecule has 1 fully saturated rings. The molecule has 0 bridgehead atoms. The van der Waals surface area contributed by atoms with Gasteiger partial charge in [-0.1, -0.05) is 0 Å². The number of nitrogens with zero attached hydrogens (tertiary/aromatic N) is 3. The maximum atomic E-state index is 6.77. The largest absolute Gasteiger partial charge is 0.493 e. The van der Waals surface area contributed by atoms with E-state index in [4.69, 9.17) is 31.7 Å². The first-order chi connectivity index (χ1) is 13.9. The minimum atomic E-state index is -0.617. The molecule has 0 aliphatic heterocycles. The van der Waals surface area contributed by atoms with Crippen LogP contribution in [0, 0.1) is 0 Å². The van der Waals surface area contributed by atoms with E-state index in [0.29, 0.717) is 28.2 Å². The molecular weight excluding hydrogens is 368 g/mol. The molecule has 1 aliphatic rings. The van der Waals surface area contributed by atoms with Crippen LogP contribution in [0.15, 0.2) is 30.3 Å². The fourth-order valence-electron chi connectivity index (χ4n) is 3.93. The number of aromatic nitrogens is 3. The standard InChI is InChI=1S/C21H26N6O2/c1-28-16-6-3-12(11-17(16)29-2)14-4-5-15-18(25-14)19(27-20(23)26-15)21(24)9-7-13(22)8-10-21/h3-6,11,13H,7-10,22,24H2,1-2H3,(H2,23,26,27). The first-order valence-electron chi connectivity index (χ1n) is 9.65. The van der Waals surface area contributed by atoms with Crippen LogP contribution >= 0.6 is 0 Å². The fourth-order valence-corrected chi connectivity index (χ4v) is 3.93. The van der Waals surface area contributed by atoms with Crippen molar-refractivity contribution < 1.29 is 9.47 Å². The Kier molecular flexibility index (Phi) is 4.97. The summed E-state index contributed by atoms with van der Waals surface area (Å²) in [5, 5.41) is 0. The van der Waals surface area contributed by atoms with Crippen LogP contribution in [0.5, 0.6) is 11.5 Å². The van der Waals surface area contributed by atoms with Crippen molar-refractivity contribution in [3.8, 4) is 22.8 Å². The molecule has 4 rings (SSSR count). The third kappa shape index (κ3) is 3.56. The van der Waals surface area contributed by atoms with E-state index in [9.17, 15) is 0 Å². The third-order valence-corrected chi connectivity index (χ3v) is 5.63. The van der Waals surface area contributed by atoms with Crippen LogP contribution in [0.4, 0.5) is 5.95 Å². The number of benzene rings is 1. The Labute approximate surface area is 169 Å². The van der Waals surface area contributed by atoms with Crippen LogP contribution < -0.4 is 26.7 Å². The summed E-state index contributed by atoms with van der Waals surface area (Å²) in [4.78, 5) is 13.7. The van der Waals surface area contributed by atoms with Crippen molar-refractivity contribution in [1.82, 2.24) is 15.0 Å². The van der Waals surface area contributed by atoms with Crippen LogP contribution in [0.3, 0.4) is 0 Å². The lowest BCUT2D eigenvalue weighted by Crippen LogP contribution is -2.44. The first-order valence-corrected chi connectivity index (χ1v) is 9.65. The molecule has 1 saturated carbocycles. The van der Waals surface area contributed by atoms with E-state index in [2.05, 4.69) is 9.97 Å². The average molecular weight is 394 g/mol. The van der Waals surface area contributed by atoms with E-state index in [-0.39, 0.29) is 12.0 Å². The van der Waals surface area contributed by atoms with Crippen LogP contribution in [0.2, 0.25) is 0 Å². The summed E-state index contributed by atoms with van der Waals surface area (Å²) in [6.45, 7) is 0. The second kappa shape index (κ2) is 7.46. The molecule has 3 aromatic rings. The predicted molar refractivity (Wildman–Crippen MR) is 113 cm³/mol. The number of rotatable bonds is 4. The fraction of sp³-hybridized carbons (Fsp3) is 0.381. The number of pyridine rings is 1. The zero-order chi connectivity index (χ0) is 20.6. The number of hydrogen-bond acceptors (Lipinski definition) is 8. The molecule has 0 spiro atoms. The van der Waals surface area contributed by atoms with Gasteiger partial charge in [-0.2, -0.15) is 0 Å². The molecule has 2 heterocycles. The van der Waals surface area contributed by atoms with Crippen molar-refractivity contribution in [3.63, 3.8) is 0 Å². The van der Waals surface area contributed by atoms with Crippen molar-refractivity contribution in [2.45, 2.75) is 37.3 Å². The first kappa shape index (κ1) is 19.4. The molecule has 1 aromatic carbocycles. The number of hydrogen-bond donors (Lipinski definition) is 3. The molecule has 8 nitrogen and oxygen atoms in total. The summed E-state index contributed by atoms with van der Waals surface area (Å²) in [6, 6.07) is 9.65. The Bertz CT molecular complexity index is 1050. The molecule has 8 heteroatoms. The molecule has 2 aromatic heterocycles. The van der Waals surface area contributed by atoms with Crippen LogP contribution in [-0.2, 0) is 5.54 Å². The number of nitrogens with two attached hydrogens (primary N) is 3. The lowest BCUT2D eigenvalue weighted by molar-refractivity contribution is 0.273. The molecule has 0 radical (unpaired) electrons. The highest BCUT2D eigenvalue weighted by molar-refractivity contribution is 5.82. The zero-order valence-corrected chi connectivity index (χ0v) is 16.7. The van der Waals surface area contributed by atoms with E-state index in [1.807, 2.05) is 30.3 Å². The van der Waals surface area contributed by atoms with Crippen molar-refractivity contribution in [1.29, 1.82) is 0 Å². The Morgan fingerprint density at radius 2 is 1.69 bits per heavy atom. The van der Waals surface area contributed by atoms with Gasteiger partial charge in [0.25, 0.3) is 0 Å². The summed E-state index contributed by atoms with van der Waals surface area (Å²) >= 11 is 0. The van der Waals surface area contributed by atoms with E-state index in [1.165, 1.54) is 0 Å². The molecule has 152 valence electrons. The number of methoxy groups -OCH3 is 2. The number of fused-ring (bicyclic) bond motifs is 1. The maximum Gasteiger partial charge on any atom is 0.220 e. The minimum absolute atomic E-state index is 0.174. The van der Waals surface area contributed by atoms with Gasteiger partial charge in [0.15, 0.2) is 11.5 Å².